The molecule has 0 fully saturated rings. The maximum absolute atomic E-state index is 4.54. The van der Waals surface area contributed by atoms with Gasteiger partial charge in [-0.15, -0.1) is 0 Å². The fourth-order valence-electron chi connectivity index (χ4n) is 2.01. The minimum absolute atomic E-state index is 0.496. The second-order valence-electron chi connectivity index (χ2n) is 5.40. The molecule has 3 heteroatoms. The second-order valence-corrected chi connectivity index (χ2v) is 5.40. The fraction of sp³-hybridized carbons (Fsp3) is 0.353. The molecule has 0 aliphatic rings. The molecule has 2 rings (SSSR count). The molecule has 3 nitrogen and oxygen atoms in total. The van der Waals surface area contributed by atoms with E-state index < -0.39 is 0 Å². The summed E-state index contributed by atoms with van der Waals surface area (Å²) < 4.78 is 0. The number of benzene rings is 1. The van der Waals surface area contributed by atoms with E-state index in [1.165, 1.54) is 11.1 Å². The molecule has 0 aliphatic carbocycles. The number of anilines is 1. The van der Waals surface area contributed by atoms with Crippen molar-refractivity contribution in [1.29, 1.82) is 0 Å². The first kappa shape index (κ1) is 14.5. The van der Waals surface area contributed by atoms with Crippen LogP contribution in [0.1, 0.15) is 25.0 Å². The van der Waals surface area contributed by atoms with Crippen molar-refractivity contribution in [1.82, 2.24) is 10.3 Å². The highest BCUT2D eigenvalue weighted by molar-refractivity contribution is 5.39. The van der Waals surface area contributed by atoms with Crippen LogP contribution in [0.5, 0.6) is 0 Å². The summed E-state index contributed by atoms with van der Waals surface area (Å²) >= 11 is 0. The van der Waals surface area contributed by atoms with Gasteiger partial charge in [-0.25, -0.2) is 4.98 Å². The van der Waals surface area contributed by atoms with Gasteiger partial charge >= 0.3 is 0 Å². The van der Waals surface area contributed by atoms with Crippen molar-refractivity contribution in [2.45, 2.75) is 33.0 Å². The van der Waals surface area contributed by atoms with Gasteiger partial charge in [-0.2, -0.15) is 0 Å². The molecule has 0 saturated heterocycles. The molecular weight excluding hydrogens is 246 g/mol. The lowest BCUT2D eigenvalue weighted by Crippen LogP contribution is -2.22. The van der Waals surface area contributed by atoms with Crippen LogP contribution < -0.4 is 10.2 Å². The number of hydrogen-bond acceptors (Lipinski definition) is 3. The molecule has 0 radical (unpaired) electrons. The Kier molecular flexibility index (Phi) is 5.13. The van der Waals surface area contributed by atoms with E-state index >= 15 is 0 Å². The van der Waals surface area contributed by atoms with Crippen molar-refractivity contribution in [3.63, 3.8) is 0 Å². The number of aromatic nitrogens is 1. The molecular formula is C17H23N3. The molecule has 106 valence electrons. The van der Waals surface area contributed by atoms with E-state index in [-0.39, 0.29) is 0 Å². The van der Waals surface area contributed by atoms with E-state index in [1.54, 1.807) is 0 Å². The monoisotopic (exact) mass is 269 g/mol. The van der Waals surface area contributed by atoms with Gasteiger partial charge in [0.1, 0.15) is 5.82 Å². The predicted molar refractivity (Wildman–Crippen MR) is 84.8 cm³/mol. The van der Waals surface area contributed by atoms with E-state index in [4.69, 9.17) is 0 Å². The standard InChI is InChI=1S/C17H23N3/c1-14(2)18-11-16-9-10-17(19-12-16)20(3)13-15-7-5-4-6-8-15/h4-10,12,14,18H,11,13H2,1-3H3. The predicted octanol–water partition coefficient (Wildman–Crippen LogP) is 3.22. The molecule has 0 spiro atoms. The first-order valence-corrected chi connectivity index (χ1v) is 7.08. The maximum atomic E-state index is 4.54. The van der Waals surface area contributed by atoms with Crippen LogP contribution in [0.15, 0.2) is 48.7 Å². The van der Waals surface area contributed by atoms with Gasteiger partial charge < -0.3 is 10.2 Å². The quantitative estimate of drug-likeness (QED) is 0.872. The summed E-state index contributed by atoms with van der Waals surface area (Å²) in [4.78, 5) is 6.70. The third-order valence-corrected chi connectivity index (χ3v) is 3.18. The van der Waals surface area contributed by atoms with Crippen LogP contribution in [0, 0.1) is 0 Å². The first-order valence-electron chi connectivity index (χ1n) is 7.08. The number of hydrogen-bond donors (Lipinski definition) is 1. The molecule has 0 saturated carbocycles. The van der Waals surface area contributed by atoms with Gasteiger partial charge in [-0.3, -0.25) is 0 Å². The molecule has 1 aromatic carbocycles. The highest BCUT2D eigenvalue weighted by atomic mass is 15.2. The Morgan fingerprint density at radius 2 is 1.80 bits per heavy atom. The summed E-state index contributed by atoms with van der Waals surface area (Å²) in [7, 11) is 2.07. The number of pyridine rings is 1. The largest absolute Gasteiger partial charge is 0.355 e. The van der Waals surface area contributed by atoms with Crippen molar-refractivity contribution in [2.24, 2.45) is 0 Å². The minimum atomic E-state index is 0.496. The van der Waals surface area contributed by atoms with Crippen molar-refractivity contribution in [3.05, 3.63) is 59.8 Å². The third-order valence-electron chi connectivity index (χ3n) is 3.18. The summed E-state index contributed by atoms with van der Waals surface area (Å²) in [5.74, 6) is 1.00. The molecule has 0 atom stereocenters. The number of nitrogens with one attached hydrogen (secondary N) is 1. The average Bonchev–Trinajstić information content (AvgIpc) is 2.46. The Bertz CT molecular complexity index is 506. The van der Waals surface area contributed by atoms with E-state index in [0.717, 1.165) is 18.9 Å². The van der Waals surface area contributed by atoms with E-state index in [9.17, 15) is 0 Å². The molecule has 1 N–H and O–H groups in total. The molecule has 1 heterocycles. The Balaban J connectivity index is 1.95. The van der Waals surface area contributed by atoms with Gasteiger partial charge in [-0.1, -0.05) is 50.2 Å². The normalized spacial score (nSPS) is 10.8. The van der Waals surface area contributed by atoms with Crippen molar-refractivity contribution in [2.75, 3.05) is 11.9 Å². The highest BCUT2D eigenvalue weighted by Gasteiger charge is 2.03. The zero-order valence-corrected chi connectivity index (χ0v) is 12.5. The van der Waals surface area contributed by atoms with E-state index in [0.29, 0.717) is 6.04 Å². The average molecular weight is 269 g/mol. The number of rotatable bonds is 6. The second kappa shape index (κ2) is 7.06. The Labute approximate surface area is 121 Å². The molecule has 1 aromatic heterocycles. The zero-order valence-electron chi connectivity index (χ0n) is 12.5. The minimum Gasteiger partial charge on any atom is -0.355 e. The molecule has 0 unspecified atom stereocenters. The lowest BCUT2D eigenvalue weighted by atomic mass is 10.2. The molecule has 20 heavy (non-hydrogen) atoms. The van der Waals surface area contributed by atoms with Crippen LogP contribution in [0.3, 0.4) is 0 Å². The van der Waals surface area contributed by atoms with Gasteiger partial charge in [0.2, 0.25) is 0 Å². The Morgan fingerprint density at radius 3 is 2.40 bits per heavy atom. The van der Waals surface area contributed by atoms with Gasteiger partial charge in [0.25, 0.3) is 0 Å². The zero-order chi connectivity index (χ0) is 14.4. The number of nitrogens with zero attached hydrogens (tertiary/aromatic N) is 2. The van der Waals surface area contributed by atoms with Gasteiger partial charge in [0.15, 0.2) is 0 Å². The molecule has 0 aliphatic heterocycles. The lowest BCUT2D eigenvalue weighted by molar-refractivity contribution is 0.588. The van der Waals surface area contributed by atoms with E-state index in [1.807, 2.05) is 12.3 Å². The Morgan fingerprint density at radius 1 is 1.05 bits per heavy atom. The maximum Gasteiger partial charge on any atom is 0.128 e. The van der Waals surface area contributed by atoms with E-state index in [2.05, 4.69) is 72.5 Å². The van der Waals surface area contributed by atoms with Crippen LogP contribution in [0.2, 0.25) is 0 Å². The fourth-order valence-corrected chi connectivity index (χ4v) is 2.01. The summed E-state index contributed by atoms with van der Waals surface area (Å²) in [5.41, 5.74) is 2.51. The van der Waals surface area contributed by atoms with Crippen LogP contribution in [-0.4, -0.2) is 18.1 Å². The van der Waals surface area contributed by atoms with Crippen LogP contribution >= 0.6 is 0 Å². The summed E-state index contributed by atoms with van der Waals surface area (Å²) in [6, 6.07) is 15.2. The molecule has 0 bridgehead atoms. The summed E-state index contributed by atoms with van der Waals surface area (Å²) in [6.07, 6.45) is 1.95. The van der Waals surface area contributed by atoms with Crippen molar-refractivity contribution in [3.8, 4) is 0 Å². The van der Waals surface area contributed by atoms with Gasteiger partial charge in [0.05, 0.1) is 0 Å². The smallest absolute Gasteiger partial charge is 0.128 e. The van der Waals surface area contributed by atoms with Gasteiger partial charge in [-0.05, 0) is 17.2 Å². The SMILES string of the molecule is CC(C)NCc1ccc(N(C)Cc2ccccc2)nc1. The van der Waals surface area contributed by atoms with Crippen LogP contribution in [0.25, 0.3) is 0 Å². The lowest BCUT2D eigenvalue weighted by Gasteiger charge is -2.18. The van der Waals surface area contributed by atoms with Crippen molar-refractivity contribution < 1.29 is 0 Å². The molecule has 2 aromatic rings. The highest BCUT2D eigenvalue weighted by Crippen LogP contribution is 2.13. The van der Waals surface area contributed by atoms with Crippen molar-refractivity contribution >= 4 is 5.82 Å². The molecule has 0 amide bonds. The van der Waals surface area contributed by atoms with Crippen LogP contribution in [-0.2, 0) is 13.1 Å². The third kappa shape index (κ3) is 4.35. The topological polar surface area (TPSA) is 28.2 Å². The summed E-state index contributed by atoms with van der Waals surface area (Å²) in [6.45, 7) is 6.04. The first-order chi connectivity index (χ1) is 9.65. The van der Waals surface area contributed by atoms with Gasteiger partial charge in [0, 0.05) is 32.4 Å². The Hall–Kier alpha value is -1.87. The van der Waals surface area contributed by atoms with Crippen LogP contribution in [0.4, 0.5) is 5.82 Å². The summed E-state index contributed by atoms with van der Waals surface area (Å²) in [5, 5.41) is 3.40.